The molecule has 0 saturated carbocycles. The van der Waals surface area contributed by atoms with Crippen molar-refractivity contribution >= 4 is 39.7 Å². The third kappa shape index (κ3) is 4.18. The topological polar surface area (TPSA) is 69.2 Å². The van der Waals surface area contributed by atoms with E-state index in [-0.39, 0.29) is 11.9 Å². The molecule has 0 bridgehead atoms. The van der Waals surface area contributed by atoms with Crippen LogP contribution in [-0.4, -0.2) is 20.0 Å². The predicted octanol–water partition coefficient (Wildman–Crippen LogP) is 3.23. The van der Waals surface area contributed by atoms with Crippen LogP contribution < -0.4 is 10.4 Å². The van der Waals surface area contributed by atoms with E-state index < -0.39 is 17.3 Å². The van der Waals surface area contributed by atoms with Gasteiger partial charge in [0.2, 0.25) is 0 Å². The van der Waals surface area contributed by atoms with E-state index in [1.807, 2.05) is 29.8 Å². The van der Waals surface area contributed by atoms with Crippen LogP contribution in [0.3, 0.4) is 0 Å². The van der Waals surface area contributed by atoms with Crippen molar-refractivity contribution in [1.82, 2.24) is 14.1 Å². The molecule has 0 fully saturated rings. The number of thiazole rings is 1. The van der Waals surface area contributed by atoms with Crippen molar-refractivity contribution in [2.75, 3.05) is 0 Å². The molecule has 0 N–H and O–H groups in total. The Morgan fingerprint density at radius 1 is 1.21 bits per heavy atom. The Kier molecular flexibility index (Phi) is 5.37. The summed E-state index contributed by atoms with van der Waals surface area (Å²) in [5.74, 6) is -1.05. The lowest BCUT2D eigenvalue weighted by Gasteiger charge is -2.06. The highest BCUT2D eigenvalue weighted by molar-refractivity contribution is 7.07. The van der Waals surface area contributed by atoms with Gasteiger partial charge in [0.1, 0.15) is 12.4 Å². The van der Waals surface area contributed by atoms with Crippen molar-refractivity contribution in [3.05, 3.63) is 91.9 Å². The van der Waals surface area contributed by atoms with Crippen molar-refractivity contribution < 1.29 is 9.18 Å². The molecular formula is C20H14ClFN4O2S. The zero-order valence-corrected chi connectivity index (χ0v) is 16.5. The highest BCUT2D eigenvalue weighted by Gasteiger charge is 2.09. The molecule has 0 atom stereocenters. The van der Waals surface area contributed by atoms with Crippen molar-refractivity contribution in [1.29, 1.82) is 0 Å². The number of amides is 1. The second-order valence-corrected chi connectivity index (χ2v) is 7.53. The fourth-order valence-electron chi connectivity index (χ4n) is 2.85. The highest BCUT2D eigenvalue weighted by Crippen LogP contribution is 2.15. The first kappa shape index (κ1) is 19.2. The van der Waals surface area contributed by atoms with E-state index in [0.717, 1.165) is 16.2 Å². The summed E-state index contributed by atoms with van der Waals surface area (Å²) >= 11 is 7.51. The molecule has 146 valence electrons. The van der Waals surface area contributed by atoms with Gasteiger partial charge in [-0.3, -0.25) is 14.2 Å². The number of carbonyl (C=O) groups is 1. The van der Waals surface area contributed by atoms with E-state index in [1.165, 1.54) is 29.8 Å². The molecule has 2 aromatic heterocycles. The Balaban J connectivity index is 1.61. The SMILES string of the molecule is O=C(Cn1cnc2ccc(F)cc2c1=O)N=c1sccn1Cc1ccccc1Cl. The summed E-state index contributed by atoms with van der Waals surface area (Å²) in [6, 6.07) is 11.2. The van der Waals surface area contributed by atoms with Crippen LogP contribution >= 0.6 is 22.9 Å². The van der Waals surface area contributed by atoms with Crippen LogP contribution in [0.2, 0.25) is 5.02 Å². The van der Waals surface area contributed by atoms with Crippen LogP contribution in [0.25, 0.3) is 10.9 Å². The predicted molar refractivity (Wildman–Crippen MR) is 109 cm³/mol. The average Bonchev–Trinajstić information content (AvgIpc) is 3.13. The van der Waals surface area contributed by atoms with E-state index >= 15 is 0 Å². The maximum absolute atomic E-state index is 13.4. The number of fused-ring (bicyclic) bond motifs is 1. The van der Waals surface area contributed by atoms with Gasteiger partial charge in [0.05, 0.1) is 23.8 Å². The minimum absolute atomic E-state index is 0.116. The van der Waals surface area contributed by atoms with Crippen molar-refractivity contribution in [2.45, 2.75) is 13.1 Å². The summed E-state index contributed by atoms with van der Waals surface area (Å²) in [6.45, 7) is 0.175. The molecule has 0 aliphatic carbocycles. The lowest BCUT2D eigenvalue weighted by Crippen LogP contribution is -2.25. The zero-order valence-electron chi connectivity index (χ0n) is 15.0. The second kappa shape index (κ2) is 8.10. The van der Waals surface area contributed by atoms with E-state index in [1.54, 1.807) is 10.6 Å². The van der Waals surface area contributed by atoms with Crippen LogP contribution in [0.5, 0.6) is 0 Å². The standard InChI is InChI=1S/C20H14ClFN4O2S/c21-16-4-2-1-3-13(16)10-25-7-8-29-20(25)24-18(27)11-26-12-23-17-6-5-14(22)9-15(17)19(26)28/h1-9,12H,10-11H2. The van der Waals surface area contributed by atoms with E-state index in [0.29, 0.717) is 21.9 Å². The summed E-state index contributed by atoms with van der Waals surface area (Å²) in [4.78, 5) is 33.7. The molecule has 6 nitrogen and oxygen atoms in total. The minimum Gasteiger partial charge on any atom is -0.319 e. The molecule has 2 aromatic carbocycles. The first-order valence-electron chi connectivity index (χ1n) is 8.61. The summed E-state index contributed by atoms with van der Waals surface area (Å²) in [5.41, 5.74) is 0.777. The molecule has 0 aliphatic rings. The molecule has 0 aliphatic heterocycles. The van der Waals surface area contributed by atoms with E-state index in [4.69, 9.17) is 11.6 Å². The Labute approximate surface area is 173 Å². The lowest BCUT2D eigenvalue weighted by atomic mass is 10.2. The third-order valence-electron chi connectivity index (χ3n) is 4.27. The van der Waals surface area contributed by atoms with Gasteiger partial charge in [0.25, 0.3) is 11.5 Å². The molecule has 0 unspecified atom stereocenters. The summed E-state index contributed by atoms with van der Waals surface area (Å²) in [5, 5.41) is 2.56. The monoisotopic (exact) mass is 428 g/mol. The molecule has 29 heavy (non-hydrogen) atoms. The van der Waals surface area contributed by atoms with Crippen molar-refractivity contribution in [3.63, 3.8) is 0 Å². The first-order chi connectivity index (χ1) is 14.0. The fourth-order valence-corrected chi connectivity index (χ4v) is 3.79. The van der Waals surface area contributed by atoms with Crippen LogP contribution in [0.15, 0.2) is 70.2 Å². The van der Waals surface area contributed by atoms with Gasteiger partial charge in [0.15, 0.2) is 4.80 Å². The van der Waals surface area contributed by atoms with Gasteiger partial charge in [-0.1, -0.05) is 29.8 Å². The van der Waals surface area contributed by atoms with Gasteiger partial charge in [0, 0.05) is 16.6 Å². The van der Waals surface area contributed by atoms with Crippen molar-refractivity contribution in [3.8, 4) is 0 Å². The number of benzene rings is 2. The Morgan fingerprint density at radius 3 is 2.86 bits per heavy atom. The normalized spacial score (nSPS) is 11.9. The Hall–Kier alpha value is -3.10. The Morgan fingerprint density at radius 2 is 2.03 bits per heavy atom. The molecule has 0 spiro atoms. The van der Waals surface area contributed by atoms with Gasteiger partial charge in [-0.15, -0.1) is 11.3 Å². The first-order valence-corrected chi connectivity index (χ1v) is 9.86. The average molecular weight is 429 g/mol. The molecule has 2 heterocycles. The minimum atomic E-state index is -0.538. The summed E-state index contributed by atoms with van der Waals surface area (Å²) in [6.07, 6.45) is 3.08. The maximum atomic E-state index is 13.4. The third-order valence-corrected chi connectivity index (χ3v) is 5.43. The maximum Gasteiger partial charge on any atom is 0.268 e. The zero-order chi connectivity index (χ0) is 20.4. The summed E-state index contributed by atoms with van der Waals surface area (Å²) in [7, 11) is 0. The molecule has 4 rings (SSSR count). The van der Waals surface area contributed by atoms with Crippen LogP contribution in [0.4, 0.5) is 4.39 Å². The molecule has 9 heteroatoms. The van der Waals surface area contributed by atoms with Gasteiger partial charge in [-0.05, 0) is 29.8 Å². The number of carbonyl (C=O) groups excluding carboxylic acids is 1. The Bertz CT molecular complexity index is 1340. The molecule has 4 aromatic rings. The second-order valence-electron chi connectivity index (χ2n) is 6.25. The largest absolute Gasteiger partial charge is 0.319 e. The molecule has 1 amide bonds. The van der Waals surface area contributed by atoms with Crippen LogP contribution in [-0.2, 0) is 17.9 Å². The van der Waals surface area contributed by atoms with Crippen LogP contribution in [0.1, 0.15) is 5.56 Å². The number of aromatic nitrogens is 3. The van der Waals surface area contributed by atoms with E-state index in [2.05, 4.69) is 9.98 Å². The lowest BCUT2D eigenvalue weighted by molar-refractivity contribution is -0.118. The van der Waals surface area contributed by atoms with E-state index in [9.17, 15) is 14.0 Å². The van der Waals surface area contributed by atoms with Crippen LogP contribution in [0, 0.1) is 5.82 Å². The molecular weight excluding hydrogens is 415 g/mol. The van der Waals surface area contributed by atoms with Crippen molar-refractivity contribution in [2.24, 2.45) is 4.99 Å². The molecule has 0 radical (unpaired) electrons. The number of hydrogen-bond acceptors (Lipinski definition) is 4. The number of hydrogen-bond donors (Lipinski definition) is 0. The highest BCUT2D eigenvalue weighted by atomic mass is 35.5. The van der Waals surface area contributed by atoms with Gasteiger partial charge >= 0.3 is 0 Å². The number of rotatable bonds is 4. The fraction of sp³-hybridized carbons (Fsp3) is 0.100. The van der Waals surface area contributed by atoms with Gasteiger partial charge in [-0.2, -0.15) is 4.99 Å². The quantitative estimate of drug-likeness (QED) is 0.501. The molecule has 0 saturated heterocycles. The number of nitrogens with zero attached hydrogens (tertiary/aromatic N) is 4. The smallest absolute Gasteiger partial charge is 0.268 e. The number of halogens is 2. The summed E-state index contributed by atoms with van der Waals surface area (Å²) < 4.78 is 16.4. The van der Waals surface area contributed by atoms with Gasteiger partial charge < -0.3 is 4.57 Å². The van der Waals surface area contributed by atoms with Gasteiger partial charge in [-0.25, -0.2) is 9.37 Å².